The Hall–Kier alpha value is -1.10. The van der Waals surface area contributed by atoms with Gasteiger partial charge in [-0.3, -0.25) is 0 Å². The smallest absolute Gasteiger partial charge is 0.414 e. The minimum atomic E-state index is -1.82. The Kier molecular flexibility index (Phi) is 7.12. The zero-order valence-corrected chi connectivity index (χ0v) is 8.20. The first-order chi connectivity index (χ1) is 5.76. The Labute approximate surface area is 77.6 Å². The van der Waals surface area contributed by atoms with Crippen LogP contribution in [-0.2, 0) is 9.59 Å². The van der Waals surface area contributed by atoms with Crippen LogP contribution in [0, 0.1) is 0 Å². The van der Waals surface area contributed by atoms with Crippen molar-refractivity contribution >= 4 is 11.9 Å². The van der Waals surface area contributed by atoms with Gasteiger partial charge in [0.15, 0.2) is 0 Å². The number of carboxylic acids is 2. The van der Waals surface area contributed by atoms with Gasteiger partial charge in [-0.05, 0) is 19.8 Å². The highest BCUT2D eigenvalue weighted by atomic mass is 16.4. The quantitative estimate of drug-likeness (QED) is 0.557. The number of carbonyl (C=O) groups is 2. The van der Waals surface area contributed by atoms with Crippen LogP contribution in [0.3, 0.4) is 0 Å². The molecule has 0 fully saturated rings. The molecule has 0 saturated heterocycles. The van der Waals surface area contributed by atoms with Crippen LogP contribution < -0.4 is 5.73 Å². The van der Waals surface area contributed by atoms with Crippen molar-refractivity contribution in [2.45, 2.75) is 39.2 Å². The largest absolute Gasteiger partial charge is 0.473 e. The fourth-order valence-electron chi connectivity index (χ4n) is 0.250. The van der Waals surface area contributed by atoms with E-state index in [0.29, 0.717) is 0 Å². The van der Waals surface area contributed by atoms with Crippen molar-refractivity contribution in [3.05, 3.63) is 0 Å². The first kappa shape index (κ1) is 14.4. The van der Waals surface area contributed by atoms with Gasteiger partial charge in [-0.15, -0.1) is 0 Å². The summed E-state index contributed by atoms with van der Waals surface area (Å²) < 4.78 is 0. The first-order valence-corrected chi connectivity index (χ1v) is 4.02. The van der Waals surface area contributed by atoms with Gasteiger partial charge in [-0.2, -0.15) is 0 Å². The Morgan fingerprint density at radius 1 is 1.15 bits per heavy atom. The molecule has 0 amide bonds. The zero-order chi connectivity index (χ0) is 11.1. The van der Waals surface area contributed by atoms with E-state index in [1.54, 1.807) is 0 Å². The molecular formula is C8H17NO4. The topological polar surface area (TPSA) is 101 Å². The molecule has 4 N–H and O–H groups in total. The molecule has 0 aliphatic rings. The molecule has 0 aromatic carbocycles. The predicted molar refractivity (Wildman–Crippen MR) is 48.4 cm³/mol. The molecule has 5 nitrogen and oxygen atoms in total. The van der Waals surface area contributed by atoms with Crippen molar-refractivity contribution in [2.75, 3.05) is 0 Å². The maximum atomic E-state index is 9.10. The molecular weight excluding hydrogens is 174 g/mol. The van der Waals surface area contributed by atoms with Crippen LogP contribution in [0.2, 0.25) is 0 Å². The molecule has 0 rings (SSSR count). The summed E-state index contributed by atoms with van der Waals surface area (Å²) in [6.07, 6.45) is 2.15. The van der Waals surface area contributed by atoms with Gasteiger partial charge in [0.2, 0.25) is 0 Å². The van der Waals surface area contributed by atoms with Gasteiger partial charge in [-0.1, -0.05) is 13.8 Å². The zero-order valence-electron chi connectivity index (χ0n) is 8.20. The second-order valence-electron chi connectivity index (χ2n) is 2.97. The van der Waals surface area contributed by atoms with E-state index in [2.05, 4.69) is 20.8 Å². The van der Waals surface area contributed by atoms with Gasteiger partial charge in [0, 0.05) is 5.54 Å². The number of hydrogen-bond donors (Lipinski definition) is 3. The first-order valence-electron chi connectivity index (χ1n) is 4.02. The Balaban J connectivity index is 0. The number of aliphatic carboxylic acids is 2. The summed E-state index contributed by atoms with van der Waals surface area (Å²) in [5.41, 5.74) is 5.80. The molecule has 78 valence electrons. The van der Waals surface area contributed by atoms with E-state index >= 15 is 0 Å². The highest BCUT2D eigenvalue weighted by Crippen LogP contribution is 2.07. The molecule has 0 radical (unpaired) electrons. The van der Waals surface area contributed by atoms with Gasteiger partial charge in [0.1, 0.15) is 0 Å². The van der Waals surface area contributed by atoms with Gasteiger partial charge in [-0.25, -0.2) is 9.59 Å². The third-order valence-corrected chi connectivity index (χ3v) is 1.80. The minimum Gasteiger partial charge on any atom is -0.473 e. The summed E-state index contributed by atoms with van der Waals surface area (Å²) in [7, 11) is 0. The Morgan fingerprint density at radius 2 is 1.38 bits per heavy atom. The second-order valence-corrected chi connectivity index (χ2v) is 2.97. The Bertz CT molecular complexity index is 159. The maximum Gasteiger partial charge on any atom is 0.414 e. The van der Waals surface area contributed by atoms with Crippen LogP contribution in [0.15, 0.2) is 0 Å². The summed E-state index contributed by atoms with van der Waals surface area (Å²) in [5, 5.41) is 14.8. The predicted octanol–water partition coefficient (Wildman–Crippen LogP) is 0.679. The van der Waals surface area contributed by atoms with E-state index in [0.717, 1.165) is 12.8 Å². The monoisotopic (exact) mass is 191 g/mol. The highest BCUT2D eigenvalue weighted by molar-refractivity contribution is 6.27. The summed E-state index contributed by atoms with van der Waals surface area (Å²) >= 11 is 0. The van der Waals surface area contributed by atoms with Crippen molar-refractivity contribution < 1.29 is 19.8 Å². The molecule has 0 spiro atoms. The van der Waals surface area contributed by atoms with E-state index in [4.69, 9.17) is 25.5 Å². The lowest BCUT2D eigenvalue weighted by atomic mass is 9.98. The fraction of sp³-hybridized carbons (Fsp3) is 0.750. The number of nitrogens with two attached hydrogens (primary N) is 1. The van der Waals surface area contributed by atoms with E-state index in [-0.39, 0.29) is 5.54 Å². The number of hydrogen-bond acceptors (Lipinski definition) is 3. The van der Waals surface area contributed by atoms with Crippen LogP contribution >= 0.6 is 0 Å². The van der Waals surface area contributed by atoms with Crippen LogP contribution in [0.25, 0.3) is 0 Å². The normalized spacial score (nSPS) is 9.85. The van der Waals surface area contributed by atoms with Crippen molar-refractivity contribution in [2.24, 2.45) is 5.73 Å². The maximum absolute atomic E-state index is 9.10. The highest BCUT2D eigenvalue weighted by Gasteiger charge is 2.10. The van der Waals surface area contributed by atoms with Gasteiger partial charge in [0.05, 0.1) is 0 Å². The standard InChI is InChI=1S/C6H15N.C2H2O4/c1-4-6(3,7)5-2;3-1(4)2(5)6/h4-5,7H2,1-3H3;(H,3,4)(H,5,6). The lowest BCUT2D eigenvalue weighted by molar-refractivity contribution is -0.159. The van der Waals surface area contributed by atoms with Crippen LogP contribution in [-0.4, -0.2) is 27.7 Å². The molecule has 0 heterocycles. The van der Waals surface area contributed by atoms with Gasteiger partial charge in [0.25, 0.3) is 0 Å². The summed E-state index contributed by atoms with van der Waals surface area (Å²) in [6.45, 7) is 6.31. The number of rotatable bonds is 2. The molecule has 0 aromatic heterocycles. The van der Waals surface area contributed by atoms with E-state index in [1.807, 2.05) is 0 Å². The van der Waals surface area contributed by atoms with E-state index < -0.39 is 11.9 Å². The molecule has 0 saturated carbocycles. The van der Waals surface area contributed by atoms with E-state index in [1.165, 1.54) is 0 Å². The summed E-state index contributed by atoms with van der Waals surface area (Å²) in [5.74, 6) is -3.65. The SMILES string of the molecule is CCC(C)(N)CC.O=C(O)C(=O)O. The van der Waals surface area contributed by atoms with Gasteiger partial charge < -0.3 is 15.9 Å². The molecule has 0 aliphatic heterocycles. The Morgan fingerprint density at radius 3 is 1.38 bits per heavy atom. The summed E-state index contributed by atoms with van der Waals surface area (Å²) in [6, 6.07) is 0. The lowest BCUT2D eigenvalue weighted by Crippen LogP contribution is -2.33. The minimum absolute atomic E-state index is 0.0833. The lowest BCUT2D eigenvalue weighted by Gasteiger charge is -2.18. The molecule has 0 unspecified atom stereocenters. The average molecular weight is 191 g/mol. The average Bonchev–Trinajstić information content (AvgIpc) is 2.05. The van der Waals surface area contributed by atoms with Crippen molar-refractivity contribution in [3.63, 3.8) is 0 Å². The molecule has 0 aromatic rings. The van der Waals surface area contributed by atoms with Gasteiger partial charge >= 0.3 is 11.9 Å². The molecule has 0 atom stereocenters. The molecule has 0 bridgehead atoms. The molecule has 5 heteroatoms. The van der Waals surface area contributed by atoms with Crippen molar-refractivity contribution in [1.82, 2.24) is 0 Å². The van der Waals surface area contributed by atoms with Crippen LogP contribution in [0.4, 0.5) is 0 Å². The van der Waals surface area contributed by atoms with Crippen LogP contribution in [0.1, 0.15) is 33.6 Å². The number of carboxylic acid groups (broad SMARTS) is 2. The van der Waals surface area contributed by atoms with Crippen molar-refractivity contribution in [1.29, 1.82) is 0 Å². The van der Waals surface area contributed by atoms with Crippen LogP contribution in [0.5, 0.6) is 0 Å². The van der Waals surface area contributed by atoms with E-state index in [9.17, 15) is 0 Å². The summed E-state index contributed by atoms with van der Waals surface area (Å²) in [4.78, 5) is 18.2. The molecule has 13 heavy (non-hydrogen) atoms. The third kappa shape index (κ3) is 10.9. The molecule has 0 aliphatic carbocycles. The third-order valence-electron chi connectivity index (χ3n) is 1.80. The fourth-order valence-corrected chi connectivity index (χ4v) is 0.250. The second kappa shape index (κ2) is 6.42. The van der Waals surface area contributed by atoms with Crippen molar-refractivity contribution in [3.8, 4) is 0 Å².